The molecule has 2 unspecified atom stereocenters. The van der Waals surface area contributed by atoms with Crippen molar-refractivity contribution in [2.24, 2.45) is 17.8 Å². The number of aromatic nitrogens is 1. The second-order valence-corrected chi connectivity index (χ2v) is 16.8. The molecule has 2 N–H and O–H groups in total. The average Bonchev–Trinajstić information content (AvgIpc) is 3.51. The fourth-order valence-corrected chi connectivity index (χ4v) is 8.82. The highest BCUT2D eigenvalue weighted by Gasteiger charge is 2.59. The first-order valence-corrected chi connectivity index (χ1v) is 20.0. The van der Waals surface area contributed by atoms with Gasteiger partial charge < -0.3 is 43.7 Å². The first-order chi connectivity index (χ1) is 27.3. The molecule has 1 amide bonds. The molecule has 0 saturated carbocycles. The number of carbonyl (C=O) groups is 4. The molecule has 13 atom stereocenters. The van der Waals surface area contributed by atoms with Crippen LogP contribution in [0.5, 0.6) is 0 Å². The number of halogens is 1. The summed E-state index contributed by atoms with van der Waals surface area (Å²) in [4.78, 5) is 61.0. The predicted molar refractivity (Wildman–Crippen MR) is 212 cm³/mol. The fourth-order valence-electron chi connectivity index (χ4n) is 8.82. The minimum absolute atomic E-state index is 0.0244. The Bertz CT molecular complexity index is 1840. The molecule has 1 aromatic heterocycles. The number of amides is 1. The maximum atomic E-state index is 16.7. The third-order valence-corrected chi connectivity index (χ3v) is 12.3. The van der Waals surface area contributed by atoms with Crippen LogP contribution in [0.2, 0.25) is 0 Å². The van der Waals surface area contributed by atoms with Crippen LogP contribution in [-0.2, 0) is 42.8 Å². The highest BCUT2D eigenvalue weighted by molar-refractivity contribution is 6.08. The number of Topliss-reactive ketones (excluding diaryl/α,β-unsaturated/α-hetero) is 2. The zero-order chi connectivity index (χ0) is 42.7. The zero-order valence-corrected chi connectivity index (χ0v) is 35.2. The van der Waals surface area contributed by atoms with Crippen molar-refractivity contribution in [2.75, 3.05) is 34.4 Å². The van der Waals surface area contributed by atoms with Gasteiger partial charge in [-0.25, -0.2) is 14.0 Å². The second kappa shape index (κ2) is 18.2. The van der Waals surface area contributed by atoms with Gasteiger partial charge >= 0.3 is 12.1 Å². The molecule has 0 spiro atoms. The number of alkyl halides is 1. The number of aliphatic hydroxyl groups is 1. The third-order valence-electron chi connectivity index (χ3n) is 12.3. The van der Waals surface area contributed by atoms with Gasteiger partial charge in [-0.1, -0.05) is 58.0 Å². The molecule has 3 aliphatic heterocycles. The van der Waals surface area contributed by atoms with Gasteiger partial charge in [0.2, 0.25) is 0 Å². The molecule has 0 bridgehead atoms. The molecular weight excluding hydrogens is 753 g/mol. The van der Waals surface area contributed by atoms with Crippen LogP contribution >= 0.6 is 0 Å². The van der Waals surface area contributed by atoms with E-state index in [0.29, 0.717) is 6.42 Å². The van der Waals surface area contributed by atoms with E-state index in [4.69, 9.17) is 28.4 Å². The maximum Gasteiger partial charge on any atom is 0.408 e. The van der Waals surface area contributed by atoms with Crippen molar-refractivity contribution in [3.05, 3.63) is 48.2 Å². The predicted octanol–water partition coefficient (Wildman–Crippen LogP) is 4.83. The van der Waals surface area contributed by atoms with E-state index >= 15 is 4.39 Å². The number of likely N-dealkylation sites (N-methyl/N-ethyl adjacent to an activating group) is 1. The first-order valence-electron chi connectivity index (χ1n) is 20.0. The molecule has 4 heterocycles. The van der Waals surface area contributed by atoms with Crippen LogP contribution in [0.3, 0.4) is 0 Å². The van der Waals surface area contributed by atoms with Crippen molar-refractivity contribution in [1.82, 2.24) is 15.2 Å². The van der Waals surface area contributed by atoms with Gasteiger partial charge in [0.25, 0.3) is 5.67 Å². The smallest absolute Gasteiger partial charge is 0.408 e. The van der Waals surface area contributed by atoms with E-state index in [2.05, 4.69) is 10.3 Å². The van der Waals surface area contributed by atoms with Crippen molar-refractivity contribution < 1.29 is 57.1 Å². The molecular formula is C43H60FN3O11. The second-order valence-electron chi connectivity index (χ2n) is 16.8. The quantitative estimate of drug-likeness (QED) is 0.190. The van der Waals surface area contributed by atoms with E-state index in [1.807, 2.05) is 61.5 Å². The number of methoxy groups -OCH3 is 1. The van der Waals surface area contributed by atoms with E-state index in [0.717, 1.165) is 23.4 Å². The number of hydrogen-bond acceptors (Lipinski definition) is 13. The zero-order valence-electron chi connectivity index (χ0n) is 35.2. The number of nitrogens with zero attached hydrogens (tertiary/aromatic N) is 2. The van der Waals surface area contributed by atoms with Crippen molar-refractivity contribution >= 4 is 40.6 Å². The molecule has 3 saturated heterocycles. The van der Waals surface area contributed by atoms with Crippen LogP contribution in [0.4, 0.5) is 9.18 Å². The van der Waals surface area contributed by atoms with Gasteiger partial charge in [0, 0.05) is 42.5 Å². The van der Waals surface area contributed by atoms with Gasteiger partial charge in [-0.3, -0.25) is 14.6 Å². The summed E-state index contributed by atoms with van der Waals surface area (Å²) in [6.45, 7) is 10.8. The number of para-hydroxylation sites is 1. The fraction of sp³-hybridized carbons (Fsp3) is 0.651. The topological polar surface area (TPSA) is 172 Å². The number of ether oxygens (including phenoxy) is 6. The summed E-state index contributed by atoms with van der Waals surface area (Å²) in [6.07, 6.45) is -0.537. The van der Waals surface area contributed by atoms with Crippen molar-refractivity contribution in [1.29, 1.82) is 0 Å². The number of hydrogen-bond donors (Lipinski definition) is 2. The standard InChI is InChI=1S/C43H60FN3O11/c1-11-32-43(7)35(46-40(52)58-43)25(3)33(48)24(2)21-41(5,53-10)37(26(4)36(50)42(6,44)39(51)56-32)57-38-34(49)31(47(8)9)20-29(55-38)23-54-18-14-15-27-19-28-16-12-13-17-30(28)45-22-27/h12-17,19,22,24-26,29,31-32,34-35,37-38,49H,11,18,20-21,23H2,1-10H3,(H,46,52)/b15-14+/t24-,25+,26+,29+,31?,32-,34?,35-,37-,38+,41-,42+,43-/m1/s1. The van der Waals surface area contributed by atoms with Crippen LogP contribution in [0.1, 0.15) is 73.3 Å². The summed E-state index contributed by atoms with van der Waals surface area (Å²) in [7, 11) is 5.00. The van der Waals surface area contributed by atoms with Crippen LogP contribution in [0.25, 0.3) is 17.0 Å². The highest BCUT2D eigenvalue weighted by atomic mass is 19.1. The van der Waals surface area contributed by atoms with E-state index in [1.165, 1.54) is 21.0 Å². The molecule has 5 rings (SSSR count). The van der Waals surface area contributed by atoms with E-state index in [9.17, 15) is 24.3 Å². The number of pyridine rings is 1. The number of cyclic esters (lactones) is 1. The molecule has 15 heteroatoms. The molecule has 1 aromatic carbocycles. The average molecular weight is 814 g/mol. The van der Waals surface area contributed by atoms with Crippen molar-refractivity contribution in [3.63, 3.8) is 0 Å². The Morgan fingerprint density at radius 1 is 1.09 bits per heavy atom. The Kier molecular flexibility index (Phi) is 14.2. The Balaban J connectivity index is 1.41. The van der Waals surface area contributed by atoms with Crippen LogP contribution in [0.15, 0.2) is 42.6 Å². The van der Waals surface area contributed by atoms with E-state index in [1.54, 1.807) is 33.9 Å². The number of nitrogens with one attached hydrogen (secondary N) is 1. The molecule has 14 nitrogen and oxygen atoms in total. The summed E-state index contributed by atoms with van der Waals surface area (Å²) < 4.78 is 53.0. The summed E-state index contributed by atoms with van der Waals surface area (Å²) in [5.74, 6) is -5.90. The van der Waals surface area contributed by atoms with Crippen LogP contribution < -0.4 is 5.32 Å². The van der Waals surface area contributed by atoms with E-state index in [-0.39, 0.29) is 31.8 Å². The summed E-state index contributed by atoms with van der Waals surface area (Å²) in [6, 6.07) is 8.45. The lowest BCUT2D eigenvalue weighted by molar-refractivity contribution is -0.301. The highest BCUT2D eigenvalue weighted by Crippen LogP contribution is 2.41. The van der Waals surface area contributed by atoms with Gasteiger partial charge in [-0.05, 0) is 71.8 Å². The SMILES string of the molecule is CC[C@H]1OC(=O)[C@@](C)(F)C(=O)[C@H](C)[C@@H](O[C@@H]2O[C@H](COC/C=C/c3cnc4ccccc4c3)CC(N(C)C)C2O)[C@](C)(OC)C[C@@H](C)C(=O)[C@H](C)[C@H]2NC(=O)O[C@@]21C. The lowest BCUT2D eigenvalue weighted by Crippen LogP contribution is -2.62. The van der Waals surface area contributed by atoms with Gasteiger partial charge in [0.05, 0.1) is 42.6 Å². The number of aliphatic hydroxyl groups excluding tert-OH is 1. The minimum atomic E-state index is -3.19. The molecule has 58 heavy (non-hydrogen) atoms. The van der Waals surface area contributed by atoms with Crippen LogP contribution in [0, 0.1) is 17.8 Å². The number of fused-ring (bicyclic) bond motifs is 2. The lowest BCUT2D eigenvalue weighted by Gasteiger charge is -2.47. The number of ketones is 2. The summed E-state index contributed by atoms with van der Waals surface area (Å²) >= 11 is 0. The monoisotopic (exact) mass is 813 g/mol. The Morgan fingerprint density at radius 2 is 1.79 bits per heavy atom. The Morgan fingerprint density at radius 3 is 2.47 bits per heavy atom. The number of alkyl carbamates (subject to hydrolysis) is 1. The van der Waals surface area contributed by atoms with E-state index < -0.39 is 95.3 Å². The van der Waals surface area contributed by atoms with Gasteiger partial charge in [0.15, 0.2) is 17.7 Å². The maximum absolute atomic E-state index is 16.7. The molecule has 2 aromatic rings. The number of esters is 1. The normalized spacial score (nSPS) is 38.0. The Labute approximate surface area is 340 Å². The molecule has 320 valence electrons. The molecule has 3 aliphatic rings. The van der Waals surface area contributed by atoms with Gasteiger partial charge in [-0.15, -0.1) is 0 Å². The van der Waals surface area contributed by atoms with Gasteiger partial charge in [0.1, 0.15) is 18.0 Å². The van der Waals surface area contributed by atoms with Crippen molar-refractivity contribution in [2.45, 2.75) is 127 Å². The largest absolute Gasteiger partial charge is 0.455 e. The number of rotatable bonds is 10. The first kappa shape index (κ1) is 45.2. The molecule has 3 fully saturated rings. The Hall–Kier alpha value is -3.86. The summed E-state index contributed by atoms with van der Waals surface area (Å²) in [5, 5.41) is 15.4. The molecule has 0 aliphatic carbocycles. The van der Waals surface area contributed by atoms with Crippen LogP contribution in [-0.4, -0.2) is 133 Å². The number of carbonyl (C=O) groups excluding carboxylic acids is 4. The third kappa shape index (κ3) is 9.29. The molecule has 0 radical (unpaired) electrons. The van der Waals surface area contributed by atoms with Gasteiger partial charge in [-0.2, -0.15) is 0 Å². The lowest BCUT2D eigenvalue weighted by atomic mass is 9.73. The summed E-state index contributed by atoms with van der Waals surface area (Å²) in [5.41, 5.74) is -4.41. The minimum Gasteiger partial charge on any atom is -0.455 e. The number of benzene rings is 1. The van der Waals surface area contributed by atoms with Crippen molar-refractivity contribution in [3.8, 4) is 0 Å².